The highest BCUT2D eigenvalue weighted by molar-refractivity contribution is 5.85. The van der Waals surface area contributed by atoms with Crippen LogP contribution in [0.2, 0.25) is 0 Å². The summed E-state index contributed by atoms with van der Waals surface area (Å²) in [6.07, 6.45) is 2.94. The van der Waals surface area contributed by atoms with Crippen LogP contribution in [-0.2, 0) is 11.2 Å². The van der Waals surface area contributed by atoms with Crippen molar-refractivity contribution in [3.05, 3.63) is 35.4 Å². The summed E-state index contributed by atoms with van der Waals surface area (Å²) in [5.41, 5.74) is 2.44. The fraction of sp³-hybridized carbons (Fsp3) is 0.533. The zero-order valence-corrected chi connectivity index (χ0v) is 11.3. The van der Waals surface area contributed by atoms with E-state index in [0.717, 1.165) is 32.4 Å². The fourth-order valence-corrected chi connectivity index (χ4v) is 2.24. The van der Waals surface area contributed by atoms with Crippen LogP contribution in [0.5, 0.6) is 0 Å². The first-order chi connectivity index (χ1) is 8.66. The molecule has 0 spiro atoms. The molecule has 2 N–H and O–H groups in total. The third-order valence-electron chi connectivity index (χ3n) is 3.67. The average molecular weight is 246 g/mol. The molecule has 2 rings (SSSR count). The van der Waals surface area contributed by atoms with Gasteiger partial charge in [-0.2, -0.15) is 0 Å². The number of aryl methyl sites for hydroxylation is 1. The van der Waals surface area contributed by atoms with Gasteiger partial charge < -0.3 is 10.6 Å². The lowest BCUT2D eigenvalue weighted by Crippen LogP contribution is -2.38. The highest BCUT2D eigenvalue weighted by atomic mass is 16.2. The molecule has 0 aliphatic heterocycles. The van der Waals surface area contributed by atoms with Gasteiger partial charge >= 0.3 is 0 Å². The van der Waals surface area contributed by atoms with Crippen molar-refractivity contribution in [2.45, 2.75) is 26.2 Å². The van der Waals surface area contributed by atoms with Crippen LogP contribution in [0, 0.1) is 12.3 Å². The maximum atomic E-state index is 12.0. The van der Waals surface area contributed by atoms with Crippen LogP contribution in [0.4, 0.5) is 0 Å². The summed E-state index contributed by atoms with van der Waals surface area (Å²) < 4.78 is 0. The first kappa shape index (κ1) is 13.1. The molecule has 3 heteroatoms. The van der Waals surface area contributed by atoms with Gasteiger partial charge in [0, 0.05) is 13.1 Å². The van der Waals surface area contributed by atoms with Crippen molar-refractivity contribution in [2.24, 2.45) is 5.41 Å². The molecule has 3 nitrogen and oxygen atoms in total. The van der Waals surface area contributed by atoms with Gasteiger partial charge in [-0.05, 0) is 38.8 Å². The molecule has 1 amide bonds. The van der Waals surface area contributed by atoms with Crippen LogP contribution >= 0.6 is 0 Å². The number of hydrogen-bond donors (Lipinski definition) is 2. The second kappa shape index (κ2) is 5.53. The lowest BCUT2D eigenvalue weighted by atomic mass is 10.1. The SMILES string of the molecule is CNCC1(C(=O)NCCc2ccc(C)cc2)CC1. The zero-order chi connectivity index (χ0) is 13.0. The molecule has 0 bridgehead atoms. The van der Waals surface area contributed by atoms with Gasteiger partial charge in [0.2, 0.25) is 5.91 Å². The molecule has 1 aromatic rings. The van der Waals surface area contributed by atoms with Crippen molar-refractivity contribution in [1.29, 1.82) is 0 Å². The molecule has 0 atom stereocenters. The molecule has 1 saturated carbocycles. The monoisotopic (exact) mass is 246 g/mol. The smallest absolute Gasteiger partial charge is 0.227 e. The van der Waals surface area contributed by atoms with Crippen molar-refractivity contribution < 1.29 is 4.79 Å². The maximum absolute atomic E-state index is 12.0. The summed E-state index contributed by atoms with van der Waals surface area (Å²) in [6.45, 7) is 3.61. The Morgan fingerprint density at radius 2 is 1.94 bits per heavy atom. The van der Waals surface area contributed by atoms with Gasteiger partial charge in [-0.15, -0.1) is 0 Å². The van der Waals surface area contributed by atoms with Crippen LogP contribution in [0.15, 0.2) is 24.3 Å². The number of amides is 1. The number of rotatable bonds is 6. The normalized spacial score (nSPS) is 16.3. The van der Waals surface area contributed by atoms with E-state index in [1.807, 2.05) is 7.05 Å². The Kier molecular flexibility index (Phi) is 4.02. The molecular formula is C15H22N2O. The fourth-order valence-electron chi connectivity index (χ4n) is 2.24. The Balaban J connectivity index is 1.75. The molecule has 98 valence electrons. The molecule has 1 aliphatic rings. The zero-order valence-electron chi connectivity index (χ0n) is 11.3. The number of benzene rings is 1. The maximum Gasteiger partial charge on any atom is 0.227 e. The summed E-state index contributed by atoms with van der Waals surface area (Å²) in [7, 11) is 1.90. The van der Waals surface area contributed by atoms with Gasteiger partial charge in [0.05, 0.1) is 5.41 Å². The summed E-state index contributed by atoms with van der Waals surface area (Å²) in [5.74, 6) is 0.212. The van der Waals surface area contributed by atoms with E-state index in [1.165, 1.54) is 11.1 Å². The quantitative estimate of drug-likeness (QED) is 0.801. The molecule has 0 saturated heterocycles. The van der Waals surface area contributed by atoms with Crippen molar-refractivity contribution in [3.8, 4) is 0 Å². The Morgan fingerprint density at radius 3 is 2.50 bits per heavy atom. The molecular weight excluding hydrogens is 224 g/mol. The number of carbonyl (C=O) groups excluding carboxylic acids is 1. The highest BCUT2D eigenvalue weighted by Gasteiger charge is 2.48. The summed E-state index contributed by atoms with van der Waals surface area (Å²) in [4.78, 5) is 12.0. The van der Waals surface area contributed by atoms with E-state index >= 15 is 0 Å². The minimum atomic E-state index is -0.109. The van der Waals surface area contributed by atoms with Crippen LogP contribution in [0.25, 0.3) is 0 Å². The standard InChI is InChI=1S/C15H22N2O/c1-12-3-5-13(6-4-12)7-10-17-14(18)15(8-9-15)11-16-2/h3-6,16H,7-11H2,1-2H3,(H,17,18). The number of hydrogen-bond acceptors (Lipinski definition) is 2. The Hall–Kier alpha value is -1.35. The van der Waals surface area contributed by atoms with Crippen molar-refractivity contribution in [3.63, 3.8) is 0 Å². The second-order valence-corrected chi connectivity index (χ2v) is 5.30. The van der Waals surface area contributed by atoms with Crippen molar-refractivity contribution in [1.82, 2.24) is 10.6 Å². The van der Waals surface area contributed by atoms with Gasteiger partial charge in [-0.1, -0.05) is 29.8 Å². The van der Waals surface area contributed by atoms with Gasteiger partial charge in [0.25, 0.3) is 0 Å². The van der Waals surface area contributed by atoms with Crippen LogP contribution in [-0.4, -0.2) is 26.0 Å². The van der Waals surface area contributed by atoms with E-state index in [0.29, 0.717) is 0 Å². The van der Waals surface area contributed by atoms with Gasteiger partial charge in [-0.3, -0.25) is 4.79 Å². The summed E-state index contributed by atoms with van der Waals surface area (Å²) in [5, 5.41) is 6.16. The molecule has 18 heavy (non-hydrogen) atoms. The molecule has 0 aromatic heterocycles. The van der Waals surface area contributed by atoms with E-state index < -0.39 is 0 Å². The largest absolute Gasteiger partial charge is 0.355 e. The number of carbonyl (C=O) groups is 1. The first-order valence-electron chi connectivity index (χ1n) is 6.65. The molecule has 1 aliphatic carbocycles. The predicted molar refractivity (Wildman–Crippen MR) is 73.5 cm³/mol. The Morgan fingerprint density at radius 1 is 1.28 bits per heavy atom. The molecule has 0 radical (unpaired) electrons. The molecule has 0 heterocycles. The summed E-state index contributed by atoms with van der Waals surface area (Å²) >= 11 is 0. The minimum absolute atomic E-state index is 0.109. The van der Waals surface area contributed by atoms with Crippen molar-refractivity contribution in [2.75, 3.05) is 20.1 Å². The Labute approximate surface area is 109 Å². The molecule has 0 unspecified atom stereocenters. The van der Waals surface area contributed by atoms with Gasteiger partial charge in [-0.25, -0.2) is 0 Å². The lowest BCUT2D eigenvalue weighted by Gasteiger charge is -2.14. The first-order valence-corrected chi connectivity index (χ1v) is 6.65. The third kappa shape index (κ3) is 3.10. The topological polar surface area (TPSA) is 41.1 Å². The highest BCUT2D eigenvalue weighted by Crippen LogP contribution is 2.45. The Bertz CT molecular complexity index is 407. The van der Waals surface area contributed by atoms with E-state index in [1.54, 1.807) is 0 Å². The third-order valence-corrected chi connectivity index (χ3v) is 3.67. The van der Waals surface area contributed by atoms with Crippen LogP contribution in [0.1, 0.15) is 24.0 Å². The van der Waals surface area contributed by atoms with E-state index in [4.69, 9.17) is 0 Å². The van der Waals surface area contributed by atoms with Crippen LogP contribution < -0.4 is 10.6 Å². The van der Waals surface area contributed by atoms with Gasteiger partial charge in [0.1, 0.15) is 0 Å². The predicted octanol–water partition coefficient (Wildman–Crippen LogP) is 1.65. The van der Waals surface area contributed by atoms with Gasteiger partial charge in [0.15, 0.2) is 0 Å². The second-order valence-electron chi connectivity index (χ2n) is 5.30. The van der Waals surface area contributed by atoms with Crippen LogP contribution in [0.3, 0.4) is 0 Å². The number of nitrogens with one attached hydrogen (secondary N) is 2. The van der Waals surface area contributed by atoms with Crippen molar-refractivity contribution >= 4 is 5.91 Å². The lowest BCUT2D eigenvalue weighted by molar-refractivity contribution is -0.126. The van der Waals surface area contributed by atoms with E-state index in [9.17, 15) is 4.79 Å². The molecule has 1 aromatic carbocycles. The minimum Gasteiger partial charge on any atom is -0.355 e. The van der Waals surface area contributed by atoms with E-state index in [-0.39, 0.29) is 11.3 Å². The summed E-state index contributed by atoms with van der Waals surface area (Å²) in [6, 6.07) is 8.48. The average Bonchev–Trinajstić information content (AvgIpc) is 3.13. The molecule has 1 fully saturated rings. The van der Waals surface area contributed by atoms with E-state index in [2.05, 4.69) is 41.8 Å².